The summed E-state index contributed by atoms with van der Waals surface area (Å²) in [6, 6.07) is 1.18. The van der Waals surface area contributed by atoms with Gasteiger partial charge in [0.2, 0.25) is 0 Å². The summed E-state index contributed by atoms with van der Waals surface area (Å²) in [7, 11) is 0. The van der Waals surface area contributed by atoms with Gasteiger partial charge in [-0.15, -0.1) is 0 Å². The first kappa shape index (κ1) is 15.3. The Morgan fingerprint density at radius 2 is 1.74 bits per heavy atom. The fourth-order valence-electron chi connectivity index (χ4n) is 4.18. The van der Waals surface area contributed by atoms with Gasteiger partial charge in [-0.05, 0) is 55.8 Å². The van der Waals surface area contributed by atoms with Crippen LogP contribution in [0.25, 0.3) is 0 Å². The normalized spacial score (nSPS) is 44.2. The maximum absolute atomic E-state index is 6.28. The molecule has 5 atom stereocenters. The van der Waals surface area contributed by atoms with E-state index in [0.717, 1.165) is 17.9 Å². The Labute approximate surface area is 120 Å². The zero-order valence-electron chi connectivity index (χ0n) is 13.7. The van der Waals surface area contributed by atoms with Crippen LogP contribution in [-0.2, 0) is 0 Å². The average molecular weight is 266 g/mol. The van der Waals surface area contributed by atoms with Crippen molar-refractivity contribution < 1.29 is 0 Å². The van der Waals surface area contributed by atoms with Gasteiger partial charge in [0.15, 0.2) is 0 Å². The first-order valence-corrected chi connectivity index (χ1v) is 8.32. The molecule has 19 heavy (non-hydrogen) atoms. The molecule has 1 aliphatic heterocycles. The lowest BCUT2D eigenvalue weighted by Gasteiger charge is -2.50. The molecular formula is C17H34N2. The van der Waals surface area contributed by atoms with E-state index in [1.807, 2.05) is 0 Å². The predicted octanol–water partition coefficient (Wildman–Crippen LogP) is 3.51. The minimum Gasteiger partial charge on any atom is -0.327 e. The topological polar surface area (TPSA) is 29.3 Å². The third-order valence-corrected chi connectivity index (χ3v) is 6.42. The van der Waals surface area contributed by atoms with Gasteiger partial charge in [0.25, 0.3) is 0 Å². The van der Waals surface area contributed by atoms with Gasteiger partial charge < -0.3 is 10.6 Å². The molecule has 0 amide bonds. The van der Waals surface area contributed by atoms with E-state index in [9.17, 15) is 0 Å². The highest BCUT2D eigenvalue weighted by Crippen LogP contribution is 2.45. The van der Waals surface area contributed by atoms with Gasteiger partial charge in [-0.2, -0.15) is 0 Å². The summed E-state index contributed by atoms with van der Waals surface area (Å²) >= 11 is 0. The second-order valence-corrected chi connectivity index (χ2v) is 8.03. The van der Waals surface area contributed by atoms with Crippen molar-refractivity contribution in [3.8, 4) is 0 Å². The molecule has 1 saturated carbocycles. The van der Waals surface area contributed by atoms with Crippen molar-refractivity contribution in [2.75, 3.05) is 13.1 Å². The highest BCUT2D eigenvalue weighted by atomic mass is 15.2. The molecule has 2 rings (SSSR count). The largest absolute Gasteiger partial charge is 0.327 e. The zero-order valence-corrected chi connectivity index (χ0v) is 13.7. The van der Waals surface area contributed by atoms with Gasteiger partial charge in [0.05, 0.1) is 0 Å². The molecule has 0 aromatic rings. The van der Waals surface area contributed by atoms with E-state index in [4.69, 9.17) is 5.73 Å². The van der Waals surface area contributed by atoms with Gasteiger partial charge in [-0.3, -0.25) is 0 Å². The molecule has 2 N–H and O–H groups in total. The molecule has 1 heterocycles. The van der Waals surface area contributed by atoms with Crippen LogP contribution in [0.5, 0.6) is 0 Å². The molecule has 0 bridgehead atoms. The SMILES string of the molecule is CC1CCC(C)N(CC2CCC(N)C(C)C2(C)C)C1. The summed E-state index contributed by atoms with van der Waals surface area (Å²) < 4.78 is 0. The smallest absolute Gasteiger partial charge is 0.00698 e. The quantitative estimate of drug-likeness (QED) is 0.829. The Hall–Kier alpha value is -0.0800. The Bertz CT molecular complexity index is 300. The number of hydrogen-bond acceptors (Lipinski definition) is 2. The first-order valence-electron chi connectivity index (χ1n) is 8.32. The van der Waals surface area contributed by atoms with Gasteiger partial charge in [-0.1, -0.05) is 27.7 Å². The summed E-state index contributed by atoms with van der Waals surface area (Å²) in [6.07, 6.45) is 5.32. The minimum absolute atomic E-state index is 0.387. The van der Waals surface area contributed by atoms with Crippen LogP contribution in [0.2, 0.25) is 0 Å². The van der Waals surface area contributed by atoms with Gasteiger partial charge in [0.1, 0.15) is 0 Å². The molecule has 5 unspecified atom stereocenters. The van der Waals surface area contributed by atoms with Crippen LogP contribution >= 0.6 is 0 Å². The van der Waals surface area contributed by atoms with Crippen LogP contribution in [0.15, 0.2) is 0 Å². The van der Waals surface area contributed by atoms with Crippen LogP contribution in [0.3, 0.4) is 0 Å². The number of rotatable bonds is 2. The number of likely N-dealkylation sites (tertiary alicyclic amines) is 1. The summed E-state index contributed by atoms with van der Waals surface area (Å²) in [5, 5.41) is 0. The molecule has 2 aliphatic rings. The predicted molar refractivity (Wildman–Crippen MR) is 83.1 cm³/mol. The average Bonchev–Trinajstić information content (AvgIpc) is 2.35. The fraction of sp³-hybridized carbons (Fsp3) is 1.00. The van der Waals surface area contributed by atoms with Crippen molar-refractivity contribution in [1.29, 1.82) is 0 Å². The first-order chi connectivity index (χ1) is 8.82. The Morgan fingerprint density at radius 3 is 2.42 bits per heavy atom. The third kappa shape index (κ3) is 3.16. The van der Waals surface area contributed by atoms with E-state index in [2.05, 4.69) is 39.5 Å². The number of piperidine rings is 1. The van der Waals surface area contributed by atoms with Crippen LogP contribution in [0.4, 0.5) is 0 Å². The number of nitrogens with two attached hydrogens (primary N) is 1. The van der Waals surface area contributed by atoms with Crippen LogP contribution in [-0.4, -0.2) is 30.1 Å². The molecule has 0 aromatic carbocycles. The lowest BCUT2D eigenvalue weighted by Crippen LogP contribution is -2.52. The van der Waals surface area contributed by atoms with Crippen molar-refractivity contribution in [3.63, 3.8) is 0 Å². The second kappa shape index (κ2) is 5.73. The maximum atomic E-state index is 6.28. The van der Waals surface area contributed by atoms with E-state index in [1.165, 1.54) is 38.8 Å². The van der Waals surface area contributed by atoms with Crippen molar-refractivity contribution in [2.24, 2.45) is 28.9 Å². The van der Waals surface area contributed by atoms with Crippen LogP contribution < -0.4 is 5.73 Å². The Kier molecular flexibility index (Phi) is 4.62. The van der Waals surface area contributed by atoms with Gasteiger partial charge >= 0.3 is 0 Å². The molecule has 2 fully saturated rings. The Morgan fingerprint density at radius 1 is 1.05 bits per heavy atom. The van der Waals surface area contributed by atoms with Crippen molar-refractivity contribution >= 4 is 0 Å². The summed E-state index contributed by atoms with van der Waals surface area (Å²) in [5.74, 6) is 2.33. The van der Waals surface area contributed by atoms with Crippen LogP contribution in [0.1, 0.15) is 60.3 Å². The lowest BCUT2D eigenvalue weighted by atomic mass is 9.61. The number of hydrogen-bond donors (Lipinski definition) is 1. The van der Waals surface area contributed by atoms with Crippen molar-refractivity contribution in [1.82, 2.24) is 4.90 Å². The molecule has 1 saturated heterocycles. The van der Waals surface area contributed by atoms with Crippen LogP contribution in [0, 0.1) is 23.2 Å². The summed E-state index contributed by atoms with van der Waals surface area (Å²) in [4.78, 5) is 2.75. The molecule has 2 heteroatoms. The molecule has 2 nitrogen and oxygen atoms in total. The van der Waals surface area contributed by atoms with Crippen molar-refractivity contribution in [3.05, 3.63) is 0 Å². The van der Waals surface area contributed by atoms with Gasteiger partial charge in [-0.25, -0.2) is 0 Å². The molecule has 1 aliphatic carbocycles. The third-order valence-electron chi connectivity index (χ3n) is 6.42. The fourth-order valence-corrected chi connectivity index (χ4v) is 4.18. The standard InChI is InChI=1S/C17H34N2/c1-12-6-7-13(2)19(10-12)11-15-8-9-16(18)14(3)17(15,4)5/h12-16H,6-11,18H2,1-5H3. The molecule has 0 radical (unpaired) electrons. The van der Waals surface area contributed by atoms with E-state index >= 15 is 0 Å². The van der Waals surface area contributed by atoms with Gasteiger partial charge in [0, 0.05) is 25.2 Å². The van der Waals surface area contributed by atoms with Crippen molar-refractivity contribution in [2.45, 2.75) is 72.4 Å². The number of nitrogens with zero attached hydrogens (tertiary/aromatic N) is 1. The summed E-state index contributed by atoms with van der Waals surface area (Å²) in [5.41, 5.74) is 6.67. The summed E-state index contributed by atoms with van der Waals surface area (Å²) in [6.45, 7) is 14.7. The monoisotopic (exact) mass is 266 g/mol. The molecule has 0 aromatic heterocycles. The zero-order chi connectivity index (χ0) is 14.2. The lowest BCUT2D eigenvalue weighted by molar-refractivity contribution is 0.00638. The van der Waals surface area contributed by atoms with E-state index in [0.29, 0.717) is 17.4 Å². The molecular weight excluding hydrogens is 232 g/mol. The molecule has 112 valence electrons. The molecule has 0 spiro atoms. The Balaban J connectivity index is 2.01. The van der Waals surface area contributed by atoms with E-state index in [-0.39, 0.29) is 0 Å². The highest BCUT2D eigenvalue weighted by Gasteiger charge is 2.42. The van der Waals surface area contributed by atoms with E-state index < -0.39 is 0 Å². The highest BCUT2D eigenvalue weighted by molar-refractivity contribution is 4.95. The maximum Gasteiger partial charge on any atom is 0.00698 e. The van der Waals surface area contributed by atoms with E-state index in [1.54, 1.807) is 0 Å². The minimum atomic E-state index is 0.387. The second-order valence-electron chi connectivity index (χ2n) is 8.03.